The summed E-state index contributed by atoms with van der Waals surface area (Å²) in [6.07, 6.45) is 5.40. The lowest BCUT2D eigenvalue weighted by Crippen LogP contribution is -2.41. The Morgan fingerprint density at radius 1 is 1.12 bits per heavy atom. The van der Waals surface area contributed by atoms with Gasteiger partial charge in [-0.1, -0.05) is 25.5 Å². The molecule has 136 valence electrons. The zero-order valence-electron chi connectivity index (χ0n) is 15.2. The highest BCUT2D eigenvalue weighted by molar-refractivity contribution is 6.09. The van der Waals surface area contributed by atoms with Crippen molar-refractivity contribution in [3.63, 3.8) is 0 Å². The van der Waals surface area contributed by atoms with E-state index in [0.29, 0.717) is 19.5 Å². The van der Waals surface area contributed by atoms with Crippen LogP contribution < -0.4 is 10.2 Å². The highest BCUT2D eigenvalue weighted by Gasteiger charge is 2.37. The maximum atomic E-state index is 12.6. The molecule has 0 aliphatic carbocycles. The molecule has 2 fully saturated rings. The number of hydrogen-bond donors (Lipinski definition) is 1. The number of amides is 2. The molecule has 1 aromatic rings. The summed E-state index contributed by atoms with van der Waals surface area (Å²) in [5.74, 6) is -0.721. The van der Waals surface area contributed by atoms with Crippen LogP contribution in [-0.4, -0.2) is 49.4 Å². The Balaban J connectivity index is 1.49. The maximum absolute atomic E-state index is 12.6. The van der Waals surface area contributed by atoms with Crippen LogP contribution in [0.5, 0.6) is 0 Å². The van der Waals surface area contributed by atoms with E-state index in [1.54, 1.807) is 4.90 Å². The standard InChI is InChI=1S/C20H29N3O2/c1-2-16-6-8-17(9-7-16)23-14-10-18(20(23)25)19(24)21-11-15-22-12-4-3-5-13-22/h6-9,18H,2-5,10-15H2,1H3,(H,21,24)/t18-/m0/s1. The summed E-state index contributed by atoms with van der Waals surface area (Å²) in [5, 5.41) is 2.96. The lowest BCUT2D eigenvalue weighted by Gasteiger charge is -2.26. The Kier molecular flexibility index (Phi) is 6.08. The summed E-state index contributed by atoms with van der Waals surface area (Å²) < 4.78 is 0. The lowest BCUT2D eigenvalue weighted by atomic mass is 10.1. The molecule has 1 atom stereocenters. The van der Waals surface area contributed by atoms with Gasteiger partial charge >= 0.3 is 0 Å². The largest absolute Gasteiger partial charge is 0.354 e. The molecule has 0 radical (unpaired) electrons. The van der Waals surface area contributed by atoms with Gasteiger partial charge in [0, 0.05) is 25.3 Å². The molecule has 2 aliphatic heterocycles. The monoisotopic (exact) mass is 343 g/mol. The van der Waals surface area contributed by atoms with Gasteiger partial charge in [0.05, 0.1) is 0 Å². The molecule has 25 heavy (non-hydrogen) atoms. The van der Waals surface area contributed by atoms with Gasteiger partial charge < -0.3 is 15.1 Å². The number of rotatable bonds is 6. The molecule has 5 heteroatoms. The fourth-order valence-electron chi connectivity index (χ4n) is 3.73. The first-order chi connectivity index (χ1) is 12.2. The molecule has 3 rings (SSSR count). The van der Waals surface area contributed by atoms with Gasteiger partial charge in [0.1, 0.15) is 5.92 Å². The Morgan fingerprint density at radius 3 is 2.52 bits per heavy atom. The Hall–Kier alpha value is -1.88. The minimum absolute atomic E-state index is 0.0697. The lowest BCUT2D eigenvalue weighted by molar-refractivity contribution is -0.132. The van der Waals surface area contributed by atoms with Gasteiger partial charge in [-0.3, -0.25) is 9.59 Å². The molecule has 2 aliphatic rings. The van der Waals surface area contributed by atoms with Gasteiger partial charge in [-0.25, -0.2) is 0 Å². The van der Waals surface area contributed by atoms with E-state index >= 15 is 0 Å². The van der Waals surface area contributed by atoms with E-state index in [0.717, 1.165) is 31.7 Å². The number of carbonyl (C=O) groups is 2. The third kappa shape index (κ3) is 4.40. The third-order valence-electron chi connectivity index (χ3n) is 5.35. The van der Waals surface area contributed by atoms with Crippen LogP contribution in [0.15, 0.2) is 24.3 Å². The summed E-state index contributed by atoms with van der Waals surface area (Å²) in [7, 11) is 0. The third-order valence-corrected chi connectivity index (χ3v) is 5.35. The van der Waals surface area contributed by atoms with Crippen molar-refractivity contribution in [2.45, 2.75) is 39.0 Å². The molecule has 0 bridgehead atoms. The van der Waals surface area contributed by atoms with Crippen LogP contribution in [0, 0.1) is 5.92 Å². The molecule has 2 amide bonds. The molecule has 0 unspecified atom stereocenters. The summed E-state index contributed by atoms with van der Waals surface area (Å²) >= 11 is 0. The molecule has 1 N–H and O–H groups in total. The Morgan fingerprint density at radius 2 is 1.84 bits per heavy atom. The van der Waals surface area contributed by atoms with Crippen LogP contribution in [0.1, 0.15) is 38.2 Å². The summed E-state index contributed by atoms with van der Waals surface area (Å²) in [5.41, 5.74) is 2.15. The fraction of sp³-hybridized carbons (Fsp3) is 0.600. The van der Waals surface area contributed by atoms with Gasteiger partial charge in [-0.15, -0.1) is 0 Å². The average molecular weight is 343 g/mol. The van der Waals surface area contributed by atoms with E-state index in [2.05, 4.69) is 29.3 Å². The minimum atomic E-state index is -0.535. The molecular weight excluding hydrogens is 314 g/mol. The van der Waals surface area contributed by atoms with E-state index < -0.39 is 5.92 Å². The number of nitrogens with zero attached hydrogens (tertiary/aromatic N) is 2. The van der Waals surface area contributed by atoms with Crippen molar-refractivity contribution in [2.24, 2.45) is 5.92 Å². The van der Waals surface area contributed by atoms with Crippen LogP contribution in [0.25, 0.3) is 0 Å². The first-order valence-electron chi connectivity index (χ1n) is 9.59. The average Bonchev–Trinajstić information content (AvgIpc) is 3.04. The van der Waals surface area contributed by atoms with Crippen molar-refractivity contribution in [1.29, 1.82) is 0 Å². The molecular formula is C20H29N3O2. The minimum Gasteiger partial charge on any atom is -0.354 e. The number of hydrogen-bond acceptors (Lipinski definition) is 3. The van der Waals surface area contributed by atoms with E-state index in [4.69, 9.17) is 0 Å². The number of likely N-dealkylation sites (tertiary alicyclic amines) is 1. The van der Waals surface area contributed by atoms with Crippen molar-refractivity contribution in [2.75, 3.05) is 37.6 Å². The van der Waals surface area contributed by atoms with Crippen LogP contribution in [0.4, 0.5) is 5.69 Å². The predicted octanol–water partition coefficient (Wildman–Crippen LogP) is 2.20. The summed E-state index contributed by atoms with van der Waals surface area (Å²) in [4.78, 5) is 29.2. The van der Waals surface area contributed by atoms with E-state index in [1.165, 1.54) is 24.8 Å². The van der Waals surface area contributed by atoms with Crippen LogP contribution >= 0.6 is 0 Å². The molecule has 5 nitrogen and oxygen atoms in total. The van der Waals surface area contributed by atoms with Crippen molar-refractivity contribution < 1.29 is 9.59 Å². The van der Waals surface area contributed by atoms with Crippen molar-refractivity contribution in [3.05, 3.63) is 29.8 Å². The number of anilines is 1. The smallest absolute Gasteiger partial charge is 0.239 e. The van der Waals surface area contributed by atoms with Crippen molar-refractivity contribution >= 4 is 17.5 Å². The summed E-state index contributed by atoms with van der Waals surface area (Å²) in [6, 6.07) is 8.06. The van der Waals surface area contributed by atoms with Crippen molar-refractivity contribution in [3.8, 4) is 0 Å². The SMILES string of the molecule is CCc1ccc(N2CC[C@@H](C(=O)NCCN3CCCCC3)C2=O)cc1. The van der Waals surface area contributed by atoms with Gasteiger partial charge in [-0.05, 0) is 56.5 Å². The number of piperidine rings is 1. The normalized spacial score (nSPS) is 21.6. The predicted molar refractivity (Wildman–Crippen MR) is 99.6 cm³/mol. The molecule has 1 aromatic carbocycles. The van der Waals surface area contributed by atoms with Crippen LogP contribution in [0.3, 0.4) is 0 Å². The van der Waals surface area contributed by atoms with Crippen LogP contribution in [-0.2, 0) is 16.0 Å². The molecule has 0 saturated carbocycles. The van der Waals surface area contributed by atoms with E-state index in [9.17, 15) is 9.59 Å². The highest BCUT2D eigenvalue weighted by atomic mass is 16.2. The van der Waals surface area contributed by atoms with Gasteiger partial charge in [0.2, 0.25) is 11.8 Å². The number of nitrogens with one attached hydrogen (secondary N) is 1. The molecule has 0 spiro atoms. The zero-order chi connectivity index (χ0) is 17.6. The highest BCUT2D eigenvalue weighted by Crippen LogP contribution is 2.25. The Labute approximate surface area is 150 Å². The maximum Gasteiger partial charge on any atom is 0.239 e. The summed E-state index contributed by atoms with van der Waals surface area (Å²) in [6.45, 7) is 6.50. The molecule has 2 heterocycles. The van der Waals surface area contributed by atoms with Gasteiger partial charge in [0.25, 0.3) is 0 Å². The van der Waals surface area contributed by atoms with Gasteiger partial charge in [0.15, 0.2) is 0 Å². The second-order valence-corrected chi connectivity index (χ2v) is 7.04. The number of carbonyl (C=O) groups excluding carboxylic acids is 2. The Bertz CT molecular complexity index is 593. The van der Waals surface area contributed by atoms with E-state index in [1.807, 2.05) is 12.1 Å². The second-order valence-electron chi connectivity index (χ2n) is 7.04. The van der Waals surface area contributed by atoms with E-state index in [-0.39, 0.29) is 11.8 Å². The quantitative estimate of drug-likeness (QED) is 0.806. The van der Waals surface area contributed by atoms with Gasteiger partial charge in [-0.2, -0.15) is 0 Å². The zero-order valence-corrected chi connectivity index (χ0v) is 15.2. The first kappa shape index (κ1) is 17.9. The molecule has 2 saturated heterocycles. The fourth-order valence-corrected chi connectivity index (χ4v) is 3.73. The second kappa shape index (κ2) is 8.48. The topological polar surface area (TPSA) is 52.7 Å². The number of aryl methyl sites for hydroxylation is 1. The first-order valence-corrected chi connectivity index (χ1v) is 9.59. The molecule has 0 aromatic heterocycles. The number of benzene rings is 1. The van der Waals surface area contributed by atoms with Crippen LogP contribution in [0.2, 0.25) is 0 Å². The van der Waals surface area contributed by atoms with Crippen molar-refractivity contribution in [1.82, 2.24) is 10.2 Å².